The van der Waals surface area contributed by atoms with Gasteiger partial charge in [-0.25, -0.2) is 0 Å². The third-order valence-electron chi connectivity index (χ3n) is 9.36. The molecule has 0 unspecified atom stereocenters. The zero-order valence-electron chi connectivity index (χ0n) is 16.0. The van der Waals surface area contributed by atoms with E-state index in [4.69, 9.17) is 13.7 Å². The minimum absolute atomic E-state index is 0.0690. The Morgan fingerprint density at radius 1 is 1.04 bits per heavy atom. The summed E-state index contributed by atoms with van der Waals surface area (Å²) in [5.74, 6) is 1.97. The van der Waals surface area contributed by atoms with Crippen molar-refractivity contribution in [1.82, 2.24) is 0 Å². The van der Waals surface area contributed by atoms with E-state index >= 15 is 0 Å². The molecule has 146 valence electrons. The molecular weight excluding hydrogens is 348 g/mol. The van der Waals surface area contributed by atoms with Crippen LogP contribution in [-0.4, -0.2) is 30.9 Å². The monoisotopic (exact) mass is 380 g/mol. The summed E-state index contributed by atoms with van der Waals surface area (Å²) < 4.78 is 17.7. The number of ether oxygens (including phenoxy) is 2. The topological polar surface area (TPSA) is 44.8 Å². The smallest absolute Gasteiger partial charge is 0.174 e. The molecule has 5 fully saturated rings. The fourth-order valence-corrected chi connectivity index (χ4v) is 8.18. The Hall–Kier alpha value is -0.100. The van der Waals surface area contributed by atoms with Gasteiger partial charge in [-0.05, 0) is 74.6 Å². The van der Waals surface area contributed by atoms with Crippen molar-refractivity contribution in [3.8, 4) is 0 Å². The first kappa shape index (κ1) is 18.0. The highest BCUT2D eigenvalue weighted by atomic mass is 32.1. The van der Waals surface area contributed by atoms with E-state index in [9.17, 15) is 4.79 Å². The van der Waals surface area contributed by atoms with Crippen LogP contribution in [-0.2, 0) is 18.5 Å². The summed E-state index contributed by atoms with van der Waals surface area (Å²) in [6.07, 6.45) is 8.40. The molecule has 0 aromatic carbocycles. The molecule has 0 N–H and O–H groups in total. The first-order valence-electron chi connectivity index (χ1n) is 10.5. The molecule has 4 aliphatic carbocycles. The fraction of sp³-hybridized carbons (Fsp3) is 0.952. The van der Waals surface area contributed by atoms with Gasteiger partial charge in [0.25, 0.3) is 0 Å². The Morgan fingerprint density at radius 2 is 1.77 bits per heavy atom. The van der Waals surface area contributed by atoms with Gasteiger partial charge in [0.15, 0.2) is 5.79 Å². The molecule has 0 bridgehead atoms. The van der Waals surface area contributed by atoms with Crippen LogP contribution in [0.3, 0.4) is 0 Å². The maximum absolute atomic E-state index is 13.2. The second-order valence-corrected chi connectivity index (χ2v) is 10.3. The molecule has 5 aliphatic rings. The Labute approximate surface area is 162 Å². The van der Waals surface area contributed by atoms with Crippen molar-refractivity contribution in [1.29, 1.82) is 0 Å². The molecule has 0 aromatic rings. The predicted octanol–water partition coefficient (Wildman–Crippen LogP) is 4.18. The van der Waals surface area contributed by atoms with E-state index in [1.54, 1.807) is 0 Å². The van der Waals surface area contributed by atoms with E-state index < -0.39 is 0 Å². The average molecular weight is 381 g/mol. The van der Waals surface area contributed by atoms with Crippen LogP contribution >= 0.6 is 12.9 Å². The molecular formula is C21H32O4S. The summed E-state index contributed by atoms with van der Waals surface area (Å²) in [7, 11) is 0. The molecule has 4 nitrogen and oxygen atoms in total. The number of hydrogen-bond donors (Lipinski definition) is 1. The number of ketones is 1. The van der Waals surface area contributed by atoms with Crippen LogP contribution in [0.15, 0.2) is 0 Å². The highest BCUT2D eigenvalue weighted by Gasteiger charge is 2.68. The van der Waals surface area contributed by atoms with Gasteiger partial charge in [-0.1, -0.05) is 13.8 Å². The lowest BCUT2D eigenvalue weighted by Gasteiger charge is -2.60. The lowest BCUT2D eigenvalue weighted by molar-refractivity contribution is -0.246. The molecule has 0 aromatic heterocycles. The van der Waals surface area contributed by atoms with Gasteiger partial charge < -0.3 is 13.7 Å². The van der Waals surface area contributed by atoms with Crippen molar-refractivity contribution >= 4 is 18.7 Å². The maximum Gasteiger partial charge on any atom is 0.174 e. The number of rotatable bonds is 1. The highest BCUT2D eigenvalue weighted by Crippen LogP contribution is 2.69. The Kier molecular flexibility index (Phi) is 4.11. The average Bonchev–Trinajstić information content (AvgIpc) is 3.22. The largest absolute Gasteiger partial charge is 0.347 e. The Morgan fingerprint density at radius 3 is 2.50 bits per heavy atom. The zero-order chi connectivity index (χ0) is 18.2. The summed E-state index contributed by atoms with van der Waals surface area (Å²) >= 11 is 4.04. The molecule has 5 heteroatoms. The second-order valence-electron chi connectivity index (χ2n) is 10.1. The lowest BCUT2D eigenvalue weighted by atomic mass is 9.44. The van der Waals surface area contributed by atoms with Crippen LogP contribution < -0.4 is 0 Å². The summed E-state index contributed by atoms with van der Waals surface area (Å²) in [5, 5.41) is 0. The number of carbonyl (C=O) groups excluding carboxylic acids is 1. The van der Waals surface area contributed by atoms with Crippen molar-refractivity contribution in [2.24, 2.45) is 34.5 Å². The highest BCUT2D eigenvalue weighted by molar-refractivity contribution is 7.75. The van der Waals surface area contributed by atoms with Crippen molar-refractivity contribution in [3.63, 3.8) is 0 Å². The molecule has 1 saturated heterocycles. The second kappa shape index (κ2) is 5.95. The number of fused-ring (bicyclic) bond motifs is 6. The predicted molar refractivity (Wildman–Crippen MR) is 101 cm³/mol. The molecule has 0 radical (unpaired) electrons. The lowest BCUT2D eigenvalue weighted by Crippen LogP contribution is -2.59. The van der Waals surface area contributed by atoms with Gasteiger partial charge in [-0.3, -0.25) is 4.79 Å². The van der Waals surface area contributed by atoms with Crippen LogP contribution in [0.5, 0.6) is 0 Å². The van der Waals surface area contributed by atoms with E-state index in [0.717, 1.165) is 51.7 Å². The van der Waals surface area contributed by atoms with E-state index in [1.165, 1.54) is 12.8 Å². The van der Waals surface area contributed by atoms with Crippen LogP contribution in [0.4, 0.5) is 0 Å². The normalized spacial score (nSPS) is 52.6. The quantitative estimate of drug-likeness (QED) is 0.547. The molecule has 0 amide bonds. The van der Waals surface area contributed by atoms with Gasteiger partial charge in [-0.15, -0.1) is 0 Å². The maximum atomic E-state index is 13.2. The standard InChI is InChI=1S/C21H32O4S/c1-19-6-3-13(25-26)11-17(19)18(22)12-14-15(19)4-7-20(2)16(14)5-8-21(20)23-9-10-24-21/h13-17,26H,3-12H2,1-2H3/t13-,14+,15-,16-,17+,19+,20-/m0/s1. The van der Waals surface area contributed by atoms with E-state index in [0.29, 0.717) is 23.5 Å². The number of thiol groups is 1. The fourth-order valence-electron chi connectivity index (χ4n) is 7.99. The third-order valence-corrected chi connectivity index (χ3v) is 9.65. The molecule has 1 aliphatic heterocycles. The van der Waals surface area contributed by atoms with Gasteiger partial charge >= 0.3 is 0 Å². The molecule has 1 spiro atoms. The van der Waals surface area contributed by atoms with Gasteiger partial charge in [0.2, 0.25) is 0 Å². The minimum atomic E-state index is -0.374. The first-order chi connectivity index (χ1) is 12.4. The summed E-state index contributed by atoms with van der Waals surface area (Å²) in [6, 6.07) is 0. The van der Waals surface area contributed by atoms with Gasteiger partial charge in [0.1, 0.15) is 5.78 Å². The van der Waals surface area contributed by atoms with Gasteiger partial charge in [0, 0.05) is 24.2 Å². The molecule has 4 saturated carbocycles. The number of Topliss-reactive ketones (excluding diaryl/α,β-unsaturated/α-hetero) is 1. The third kappa shape index (κ3) is 2.18. The van der Waals surface area contributed by atoms with Crippen molar-refractivity contribution in [2.45, 2.75) is 77.1 Å². The summed E-state index contributed by atoms with van der Waals surface area (Å²) in [6.45, 7) is 6.23. The molecule has 5 rings (SSSR count). The van der Waals surface area contributed by atoms with E-state index in [1.807, 2.05) is 0 Å². The number of hydrogen-bond acceptors (Lipinski definition) is 5. The van der Waals surface area contributed by atoms with Gasteiger partial charge in [-0.2, -0.15) is 0 Å². The van der Waals surface area contributed by atoms with E-state index in [2.05, 4.69) is 26.8 Å². The van der Waals surface area contributed by atoms with Gasteiger partial charge in [0.05, 0.1) is 19.3 Å². The Bertz CT molecular complexity index is 603. The Balaban J connectivity index is 1.46. The number of carbonyl (C=O) groups is 1. The van der Waals surface area contributed by atoms with E-state index in [-0.39, 0.29) is 28.6 Å². The van der Waals surface area contributed by atoms with Crippen LogP contribution in [0.1, 0.15) is 65.2 Å². The summed E-state index contributed by atoms with van der Waals surface area (Å²) in [4.78, 5) is 13.2. The molecule has 1 heterocycles. The zero-order valence-corrected chi connectivity index (χ0v) is 16.9. The SMILES string of the molecule is C[C@]12CC[C@H](OS)C[C@@H]1C(=O)C[C@@H]1[C@@H]2CC[C@@]2(C)[C@H]1CCC21OCCO1. The van der Waals surface area contributed by atoms with Crippen LogP contribution in [0.2, 0.25) is 0 Å². The minimum Gasteiger partial charge on any atom is -0.347 e. The molecule has 7 atom stereocenters. The van der Waals surface area contributed by atoms with Crippen LogP contribution in [0.25, 0.3) is 0 Å². The first-order valence-corrected chi connectivity index (χ1v) is 10.9. The van der Waals surface area contributed by atoms with Crippen molar-refractivity contribution < 1.29 is 18.5 Å². The van der Waals surface area contributed by atoms with Crippen molar-refractivity contribution in [2.75, 3.05) is 13.2 Å². The summed E-state index contributed by atoms with van der Waals surface area (Å²) in [5.41, 5.74) is 0.205. The van der Waals surface area contributed by atoms with Crippen molar-refractivity contribution in [3.05, 3.63) is 0 Å². The van der Waals surface area contributed by atoms with Crippen LogP contribution in [0, 0.1) is 34.5 Å². The molecule has 26 heavy (non-hydrogen) atoms.